The fourth-order valence-electron chi connectivity index (χ4n) is 3.40. The third-order valence-electron chi connectivity index (χ3n) is 4.84. The molecular formula is C18H20N2O5. The molecule has 0 spiro atoms. The average Bonchev–Trinajstić information content (AvgIpc) is 2.76. The number of carboxylic acid groups (broad SMARTS) is 1. The molecule has 0 saturated heterocycles. The summed E-state index contributed by atoms with van der Waals surface area (Å²) in [6.07, 6.45) is 0.738. The summed E-state index contributed by atoms with van der Waals surface area (Å²) in [4.78, 5) is 49.8. The quantitative estimate of drug-likeness (QED) is 0.783. The maximum absolute atomic E-state index is 12.7. The Bertz CT molecular complexity index is 717. The molecular weight excluding hydrogens is 324 g/mol. The van der Waals surface area contributed by atoms with E-state index in [2.05, 4.69) is 5.32 Å². The Morgan fingerprint density at radius 1 is 1.12 bits per heavy atom. The first kappa shape index (κ1) is 17.1. The predicted octanol–water partition coefficient (Wildman–Crippen LogP) is 1.29. The van der Waals surface area contributed by atoms with Crippen LogP contribution in [0.15, 0.2) is 24.3 Å². The van der Waals surface area contributed by atoms with Crippen molar-refractivity contribution < 1.29 is 24.3 Å². The first-order valence-electron chi connectivity index (χ1n) is 8.31. The Morgan fingerprint density at radius 2 is 1.64 bits per heavy atom. The van der Waals surface area contributed by atoms with Gasteiger partial charge in [0, 0.05) is 6.04 Å². The number of fused-ring (bicyclic) bond motifs is 1. The molecule has 7 nitrogen and oxygen atoms in total. The van der Waals surface area contributed by atoms with Crippen LogP contribution in [0.3, 0.4) is 0 Å². The molecule has 1 aliphatic heterocycles. The SMILES string of the molecule is CC(C)C(C(=O)NC1CC(C(=O)O)C1)N1C(=O)c2ccccc2C1=O. The topological polar surface area (TPSA) is 104 Å². The van der Waals surface area contributed by atoms with Crippen LogP contribution in [0.5, 0.6) is 0 Å². The third kappa shape index (κ3) is 2.90. The monoisotopic (exact) mass is 344 g/mol. The van der Waals surface area contributed by atoms with Gasteiger partial charge in [0.15, 0.2) is 0 Å². The molecule has 1 fully saturated rings. The van der Waals surface area contributed by atoms with Gasteiger partial charge in [0.25, 0.3) is 11.8 Å². The fraction of sp³-hybridized carbons (Fsp3) is 0.444. The van der Waals surface area contributed by atoms with Crippen LogP contribution in [0.25, 0.3) is 0 Å². The van der Waals surface area contributed by atoms with Crippen LogP contribution in [0.4, 0.5) is 0 Å². The summed E-state index contributed by atoms with van der Waals surface area (Å²) < 4.78 is 0. The summed E-state index contributed by atoms with van der Waals surface area (Å²) in [5.41, 5.74) is 0.612. The Labute approximate surface area is 145 Å². The number of carboxylic acids is 1. The van der Waals surface area contributed by atoms with Gasteiger partial charge in [-0.15, -0.1) is 0 Å². The first-order valence-corrected chi connectivity index (χ1v) is 8.31. The molecule has 0 aromatic heterocycles. The number of rotatable bonds is 5. The van der Waals surface area contributed by atoms with Gasteiger partial charge in [0.1, 0.15) is 6.04 Å². The van der Waals surface area contributed by atoms with E-state index >= 15 is 0 Å². The molecule has 1 aliphatic carbocycles. The van der Waals surface area contributed by atoms with Crippen molar-refractivity contribution in [1.82, 2.24) is 10.2 Å². The van der Waals surface area contributed by atoms with Crippen molar-refractivity contribution in [2.24, 2.45) is 11.8 Å². The Morgan fingerprint density at radius 3 is 2.08 bits per heavy atom. The number of carbonyl (C=O) groups is 4. The normalized spacial score (nSPS) is 23.2. The number of hydrogen-bond donors (Lipinski definition) is 2. The van der Waals surface area contributed by atoms with E-state index in [0.29, 0.717) is 24.0 Å². The van der Waals surface area contributed by atoms with Gasteiger partial charge in [0.05, 0.1) is 17.0 Å². The molecule has 2 N–H and O–H groups in total. The number of hydrogen-bond acceptors (Lipinski definition) is 4. The summed E-state index contributed by atoms with van der Waals surface area (Å²) in [6.45, 7) is 3.54. The summed E-state index contributed by atoms with van der Waals surface area (Å²) in [5.74, 6) is -2.93. The van der Waals surface area contributed by atoms with Crippen LogP contribution in [0, 0.1) is 11.8 Å². The van der Waals surface area contributed by atoms with Gasteiger partial charge in [-0.25, -0.2) is 0 Å². The maximum atomic E-state index is 12.7. The molecule has 1 unspecified atom stereocenters. The maximum Gasteiger partial charge on any atom is 0.306 e. The van der Waals surface area contributed by atoms with Crippen LogP contribution >= 0.6 is 0 Å². The predicted molar refractivity (Wildman–Crippen MR) is 87.9 cm³/mol. The number of amides is 3. The summed E-state index contributed by atoms with van der Waals surface area (Å²) in [6, 6.07) is 5.36. The molecule has 7 heteroatoms. The largest absolute Gasteiger partial charge is 0.481 e. The van der Waals surface area contributed by atoms with Crippen molar-refractivity contribution >= 4 is 23.7 Å². The lowest BCUT2D eigenvalue weighted by Crippen LogP contribution is -2.56. The van der Waals surface area contributed by atoms with Crippen LogP contribution in [-0.4, -0.2) is 45.8 Å². The molecule has 1 heterocycles. The van der Waals surface area contributed by atoms with E-state index in [1.165, 1.54) is 0 Å². The standard InChI is InChI=1S/C18H20N2O5/c1-9(2)14(15(21)19-11-7-10(8-11)18(24)25)20-16(22)12-5-3-4-6-13(12)17(20)23/h3-6,9-11,14H,7-8H2,1-2H3,(H,19,21)(H,24,25). The second-order valence-electron chi connectivity index (χ2n) is 6.93. The first-order chi connectivity index (χ1) is 11.8. The molecule has 132 valence electrons. The summed E-state index contributed by atoms with van der Waals surface area (Å²) >= 11 is 0. The van der Waals surface area contributed by atoms with Crippen LogP contribution in [-0.2, 0) is 9.59 Å². The highest BCUT2D eigenvalue weighted by Gasteiger charge is 2.45. The van der Waals surface area contributed by atoms with Crippen molar-refractivity contribution in [2.45, 2.75) is 38.8 Å². The van der Waals surface area contributed by atoms with Crippen molar-refractivity contribution in [1.29, 1.82) is 0 Å². The second kappa shape index (κ2) is 6.31. The summed E-state index contributed by atoms with van der Waals surface area (Å²) in [7, 11) is 0. The Kier molecular flexibility index (Phi) is 4.32. The zero-order chi connectivity index (χ0) is 18.3. The van der Waals surface area contributed by atoms with E-state index in [-0.39, 0.29) is 12.0 Å². The lowest BCUT2D eigenvalue weighted by molar-refractivity contribution is -0.146. The molecule has 0 radical (unpaired) electrons. The second-order valence-corrected chi connectivity index (χ2v) is 6.93. The van der Waals surface area contributed by atoms with Gasteiger partial charge in [-0.3, -0.25) is 24.1 Å². The van der Waals surface area contributed by atoms with Gasteiger partial charge in [-0.05, 0) is 30.9 Å². The molecule has 1 aromatic rings. The third-order valence-corrected chi connectivity index (χ3v) is 4.84. The molecule has 1 aromatic carbocycles. The van der Waals surface area contributed by atoms with Crippen LogP contribution in [0.2, 0.25) is 0 Å². The van der Waals surface area contributed by atoms with E-state index in [1.807, 2.05) is 0 Å². The molecule has 2 aliphatic rings. The number of nitrogens with one attached hydrogen (secondary N) is 1. The van der Waals surface area contributed by atoms with Crippen molar-refractivity contribution in [2.75, 3.05) is 0 Å². The molecule has 0 bridgehead atoms. The van der Waals surface area contributed by atoms with Gasteiger partial charge >= 0.3 is 5.97 Å². The summed E-state index contributed by atoms with van der Waals surface area (Å²) in [5, 5.41) is 11.7. The van der Waals surface area contributed by atoms with Gasteiger partial charge in [-0.1, -0.05) is 26.0 Å². The number of nitrogens with zero attached hydrogens (tertiary/aromatic N) is 1. The number of aliphatic carboxylic acids is 1. The van der Waals surface area contributed by atoms with Gasteiger partial charge < -0.3 is 10.4 Å². The highest BCUT2D eigenvalue weighted by atomic mass is 16.4. The number of benzene rings is 1. The Hall–Kier alpha value is -2.70. The minimum absolute atomic E-state index is 0.231. The zero-order valence-corrected chi connectivity index (χ0v) is 14.1. The van der Waals surface area contributed by atoms with Crippen molar-refractivity contribution in [3.8, 4) is 0 Å². The van der Waals surface area contributed by atoms with Gasteiger partial charge in [-0.2, -0.15) is 0 Å². The van der Waals surface area contributed by atoms with E-state index in [9.17, 15) is 19.2 Å². The van der Waals surface area contributed by atoms with E-state index in [0.717, 1.165) is 4.90 Å². The molecule has 3 amide bonds. The number of carbonyl (C=O) groups excluding carboxylic acids is 3. The van der Waals surface area contributed by atoms with Gasteiger partial charge in [0.2, 0.25) is 5.91 Å². The van der Waals surface area contributed by atoms with Crippen molar-refractivity contribution in [3.63, 3.8) is 0 Å². The van der Waals surface area contributed by atoms with E-state index in [1.54, 1.807) is 38.1 Å². The Balaban J connectivity index is 1.76. The lowest BCUT2D eigenvalue weighted by atomic mass is 9.80. The minimum atomic E-state index is -0.920. The van der Waals surface area contributed by atoms with Crippen LogP contribution in [0.1, 0.15) is 47.4 Å². The van der Waals surface area contributed by atoms with Crippen molar-refractivity contribution in [3.05, 3.63) is 35.4 Å². The number of imide groups is 1. The molecule has 25 heavy (non-hydrogen) atoms. The smallest absolute Gasteiger partial charge is 0.306 e. The lowest BCUT2D eigenvalue weighted by Gasteiger charge is -2.36. The molecule has 3 rings (SSSR count). The fourth-order valence-corrected chi connectivity index (χ4v) is 3.40. The molecule has 1 saturated carbocycles. The highest BCUT2D eigenvalue weighted by Crippen LogP contribution is 2.30. The van der Waals surface area contributed by atoms with E-state index < -0.39 is 35.7 Å². The molecule has 1 atom stereocenters. The minimum Gasteiger partial charge on any atom is -0.481 e. The highest BCUT2D eigenvalue weighted by molar-refractivity contribution is 6.22. The van der Waals surface area contributed by atoms with Crippen LogP contribution < -0.4 is 5.32 Å². The average molecular weight is 344 g/mol. The van der Waals surface area contributed by atoms with E-state index in [4.69, 9.17) is 5.11 Å². The zero-order valence-electron chi connectivity index (χ0n) is 14.1.